The molecule has 0 radical (unpaired) electrons. The Labute approximate surface area is 232 Å². The van der Waals surface area contributed by atoms with Gasteiger partial charge in [-0.25, -0.2) is 0 Å². The maximum absolute atomic E-state index is 13.5. The van der Waals surface area contributed by atoms with E-state index in [1.165, 1.54) is 7.11 Å². The SMILES string of the molecule is COc1ccc(COC[C@@H](C)CC2([C@@]34OC(=O)[C@@H]([C@H](O)[C@H](CCO)OC)[C@@H]3CC4(C)C)COC(C)(C)O2)cc1. The summed E-state index contributed by atoms with van der Waals surface area (Å²) < 4.78 is 36.0. The van der Waals surface area contributed by atoms with E-state index in [1.807, 2.05) is 38.1 Å². The molecule has 1 saturated carbocycles. The maximum atomic E-state index is 13.5. The largest absolute Gasteiger partial charge is 0.497 e. The van der Waals surface area contributed by atoms with Crippen molar-refractivity contribution in [3.63, 3.8) is 0 Å². The number of aliphatic hydroxyl groups is 2. The van der Waals surface area contributed by atoms with Crippen molar-refractivity contribution in [2.24, 2.45) is 23.2 Å². The van der Waals surface area contributed by atoms with Gasteiger partial charge in [0, 0.05) is 31.7 Å². The zero-order valence-electron chi connectivity index (χ0n) is 24.4. The van der Waals surface area contributed by atoms with Gasteiger partial charge in [-0.1, -0.05) is 32.9 Å². The summed E-state index contributed by atoms with van der Waals surface area (Å²) in [5.41, 5.74) is -1.27. The van der Waals surface area contributed by atoms with Crippen molar-refractivity contribution in [3.05, 3.63) is 29.8 Å². The first-order chi connectivity index (χ1) is 18.3. The van der Waals surface area contributed by atoms with Gasteiger partial charge in [0.05, 0.1) is 38.4 Å². The molecule has 9 heteroatoms. The monoisotopic (exact) mass is 550 g/mol. The molecular weight excluding hydrogens is 504 g/mol. The Hall–Kier alpha value is -1.75. The number of carbonyl (C=O) groups excluding carboxylic acids is 1. The quantitative estimate of drug-likeness (QED) is 0.357. The zero-order valence-corrected chi connectivity index (χ0v) is 24.4. The lowest BCUT2D eigenvalue weighted by atomic mass is 9.44. The molecule has 0 aromatic heterocycles. The van der Waals surface area contributed by atoms with Crippen molar-refractivity contribution in [1.29, 1.82) is 0 Å². The Kier molecular flexibility index (Phi) is 8.72. The summed E-state index contributed by atoms with van der Waals surface area (Å²) in [6.45, 7) is 11.1. The average Bonchev–Trinajstić information content (AvgIpc) is 3.33. The molecule has 3 aliphatic rings. The molecule has 2 saturated heterocycles. The van der Waals surface area contributed by atoms with Crippen LogP contribution in [0.3, 0.4) is 0 Å². The smallest absolute Gasteiger partial charge is 0.312 e. The molecule has 4 rings (SSSR count). The molecule has 0 spiro atoms. The van der Waals surface area contributed by atoms with E-state index in [2.05, 4.69) is 20.8 Å². The van der Waals surface area contributed by atoms with Crippen molar-refractivity contribution >= 4 is 5.97 Å². The van der Waals surface area contributed by atoms with Crippen molar-refractivity contribution in [2.45, 2.75) is 89.7 Å². The fourth-order valence-corrected chi connectivity index (χ4v) is 7.39. The van der Waals surface area contributed by atoms with Crippen LogP contribution in [-0.4, -0.2) is 79.4 Å². The number of methoxy groups -OCH3 is 2. The van der Waals surface area contributed by atoms with Crippen molar-refractivity contribution < 1.29 is 43.4 Å². The Balaban J connectivity index is 1.56. The number of benzene rings is 1. The van der Waals surface area contributed by atoms with Crippen LogP contribution in [0.5, 0.6) is 5.75 Å². The second-order valence-corrected chi connectivity index (χ2v) is 12.6. The van der Waals surface area contributed by atoms with Gasteiger partial charge in [-0.05, 0) is 56.7 Å². The molecule has 9 nitrogen and oxygen atoms in total. The molecule has 2 heterocycles. The van der Waals surface area contributed by atoms with Crippen LogP contribution in [0.1, 0.15) is 59.4 Å². The van der Waals surface area contributed by atoms with E-state index in [0.717, 1.165) is 11.3 Å². The van der Waals surface area contributed by atoms with Gasteiger partial charge >= 0.3 is 5.97 Å². The predicted molar refractivity (Wildman–Crippen MR) is 143 cm³/mol. The normalized spacial score (nSPS) is 33.1. The van der Waals surface area contributed by atoms with Crippen molar-refractivity contribution in [2.75, 3.05) is 34.0 Å². The number of esters is 1. The molecule has 1 aromatic carbocycles. The second-order valence-electron chi connectivity index (χ2n) is 12.6. The van der Waals surface area contributed by atoms with Crippen molar-refractivity contribution in [1.82, 2.24) is 0 Å². The van der Waals surface area contributed by atoms with Crippen LogP contribution in [0, 0.1) is 23.2 Å². The van der Waals surface area contributed by atoms with Gasteiger partial charge < -0.3 is 38.6 Å². The Morgan fingerprint density at radius 1 is 1.13 bits per heavy atom. The lowest BCUT2D eigenvalue weighted by Gasteiger charge is -2.64. The van der Waals surface area contributed by atoms with Gasteiger partial charge in [0.1, 0.15) is 11.4 Å². The van der Waals surface area contributed by atoms with E-state index < -0.39 is 46.5 Å². The summed E-state index contributed by atoms with van der Waals surface area (Å²) in [4.78, 5) is 13.5. The molecule has 1 aliphatic carbocycles. The Bertz CT molecular complexity index is 993. The minimum absolute atomic E-state index is 0.0657. The van der Waals surface area contributed by atoms with Gasteiger partial charge in [0.15, 0.2) is 11.4 Å². The molecule has 1 aromatic rings. The summed E-state index contributed by atoms with van der Waals surface area (Å²) in [5, 5.41) is 20.7. The highest BCUT2D eigenvalue weighted by atomic mass is 16.8. The van der Waals surface area contributed by atoms with E-state index in [9.17, 15) is 15.0 Å². The van der Waals surface area contributed by atoms with Crippen LogP contribution in [-0.2, 0) is 35.1 Å². The van der Waals surface area contributed by atoms with Crippen LogP contribution in [0.15, 0.2) is 24.3 Å². The molecular formula is C30H46O9. The molecule has 0 amide bonds. The summed E-state index contributed by atoms with van der Waals surface area (Å²) in [7, 11) is 3.12. The molecule has 2 aliphatic heterocycles. The molecule has 7 atom stereocenters. The summed E-state index contributed by atoms with van der Waals surface area (Å²) in [5.74, 6) is -1.50. The molecule has 39 heavy (non-hydrogen) atoms. The van der Waals surface area contributed by atoms with Crippen LogP contribution in [0.4, 0.5) is 0 Å². The van der Waals surface area contributed by atoms with E-state index >= 15 is 0 Å². The first-order valence-corrected chi connectivity index (χ1v) is 13.9. The fourth-order valence-electron chi connectivity index (χ4n) is 7.39. The van der Waals surface area contributed by atoms with Crippen LogP contribution >= 0.6 is 0 Å². The van der Waals surface area contributed by atoms with Crippen molar-refractivity contribution in [3.8, 4) is 5.75 Å². The van der Waals surface area contributed by atoms with E-state index in [4.69, 9.17) is 28.4 Å². The van der Waals surface area contributed by atoms with E-state index in [0.29, 0.717) is 26.1 Å². The average molecular weight is 551 g/mol. The number of fused-ring (bicyclic) bond motifs is 1. The van der Waals surface area contributed by atoms with Crippen LogP contribution < -0.4 is 4.74 Å². The van der Waals surface area contributed by atoms with Gasteiger partial charge in [-0.15, -0.1) is 0 Å². The summed E-state index contributed by atoms with van der Waals surface area (Å²) in [6.07, 6.45) is -0.311. The van der Waals surface area contributed by atoms with E-state index in [-0.39, 0.29) is 31.5 Å². The molecule has 0 bridgehead atoms. The topological polar surface area (TPSA) is 113 Å². The third-order valence-electron chi connectivity index (χ3n) is 8.97. The molecule has 220 valence electrons. The van der Waals surface area contributed by atoms with Gasteiger partial charge in [-0.3, -0.25) is 4.79 Å². The Morgan fingerprint density at radius 2 is 1.82 bits per heavy atom. The lowest BCUT2D eigenvalue weighted by Crippen LogP contribution is -2.75. The first-order valence-electron chi connectivity index (χ1n) is 13.9. The second kappa shape index (κ2) is 11.3. The van der Waals surface area contributed by atoms with E-state index in [1.54, 1.807) is 7.11 Å². The van der Waals surface area contributed by atoms with Gasteiger partial charge in [0.2, 0.25) is 0 Å². The fraction of sp³-hybridized carbons (Fsp3) is 0.767. The zero-order chi connectivity index (χ0) is 28.6. The van der Waals surface area contributed by atoms with Crippen LogP contribution in [0.25, 0.3) is 0 Å². The maximum Gasteiger partial charge on any atom is 0.312 e. The third-order valence-corrected chi connectivity index (χ3v) is 8.97. The van der Waals surface area contributed by atoms with Crippen LogP contribution in [0.2, 0.25) is 0 Å². The summed E-state index contributed by atoms with van der Waals surface area (Å²) in [6, 6.07) is 7.79. The van der Waals surface area contributed by atoms with Gasteiger partial charge in [0.25, 0.3) is 0 Å². The minimum atomic E-state index is -1.10. The minimum Gasteiger partial charge on any atom is -0.497 e. The highest BCUT2D eigenvalue weighted by Gasteiger charge is 2.81. The third kappa shape index (κ3) is 5.34. The molecule has 1 unspecified atom stereocenters. The number of ether oxygens (including phenoxy) is 6. The molecule has 2 N–H and O–H groups in total. The number of aliphatic hydroxyl groups excluding tert-OH is 2. The standard InChI is InChI=1S/C30H46O9/c1-19(16-36-17-20-8-10-21(34-6)11-9-20)14-29(18-37-28(4,5)39-29)30-22(15-27(30,2)3)24(26(33)38-30)25(32)23(35-7)12-13-31/h8-11,19,22-25,31-32H,12-18H2,1-7H3/t19-,22-,23-,24+,25+,29?,30+/m0/s1. The summed E-state index contributed by atoms with van der Waals surface area (Å²) >= 11 is 0. The molecule has 3 fully saturated rings. The highest BCUT2D eigenvalue weighted by molar-refractivity contribution is 5.78. The lowest BCUT2D eigenvalue weighted by molar-refractivity contribution is -0.302. The number of hydrogen-bond acceptors (Lipinski definition) is 9. The first kappa shape index (κ1) is 30.2. The highest BCUT2D eigenvalue weighted by Crippen LogP contribution is 2.70. The van der Waals surface area contributed by atoms with Gasteiger partial charge in [-0.2, -0.15) is 0 Å². The number of carbonyl (C=O) groups is 1. The predicted octanol–water partition coefficient (Wildman–Crippen LogP) is 3.48. The Morgan fingerprint density at radius 3 is 2.36 bits per heavy atom. The number of hydrogen-bond donors (Lipinski definition) is 2. The number of rotatable bonds is 13.